The summed E-state index contributed by atoms with van der Waals surface area (Å²) in [4.78, 5) is 2.93. The van der Waals surface area contributed by atoms with E-state index in [0.717, 1.165) is 5.56 Å². The van der Waals surface area contributed by atoms with Gasteiger partial charge in [0, 0.05) is 12.3 Å². The lowest BCUT2D eigenvalue weighted by Crippen LogP contribution is -2.02. The van der Waals surface area contributed by atoms with Crippen LogP contribution in [0.2, 0.25) is 0 Å². The monoisotopic (exact) mass is 220 g/mol. The fraction of sp³-hybridized carbons (Fsp3) is 0.0909. The summed E-state index contributed by atoms with van der Waals surface area (Å²) < 4.78 is 23.9. The van der Waals surface area contributed by atoms with Crippen LogP contribution in [0.25, 0.3) is 0 Å². The molecule has 77 valence electrons. The molecule has 2 rings (SSSR count). The van der Waals surface area contributed by atoms with E-state index in [2.05, 4.69) is 11.1 Å². The highest BCUT2D eigenvalue weighted by atomic mass is 32.2. The van der Waals surface area contributed by atoms with Crippen molar-refractivity contribution in [1.82, 2.24) is 4.98 Å². The lowest BCUT2D eigenvalue weighted by atomic mass is 10.2. The fourth-order valence-electron chi connectivity index (χ4n) is 1.27. The molecule has 0 saturated heterocycles. The molecule has 0 aliphatic carbocycles. The Morgan fingerprint density at radius 2 is 1.87 bits per heavy atom. The summed E-state index contributed by atoms with van der Waals surface area (Å²) in [5, 5.41) is 0.103. The Kier molecular flexibility index (Phi) is 2.36. The number of H-pyrrole nitrogens is 1. The molecule has 15 heavy (non-hydrogen) atoms. The molecule has 0 spiro atoms. The molecule has 0 aliphatic rings. The topological polar surface area (TPSA) is 49.9 Å². The van der Waals surface area contributed by atoms with Crippen LogP contribution in [0.3, 0.4) is 0 Å². The number of hydrogen-bond donors (Lipinski definition) is 1. The van der Waals surface area contributed by atoms with E-state index in [9.17, 15) is 8.42 Å². The van der Waals surface area contributed by atoms with E-state index in [1.807, 2.05) is 6.92 Å². The number of benzene rings is 1. The van der Waals surface area contributed by atoms with Crippen molar-refractivity contribution in [1.29, 1.82) is 0 Å². The highest BCUT2D eigenvalue weighted by Crippen LogP contribution is 2.18. The highest BCUT2D eigenvalue weighted by Gasteiger charge is 2.17. The van der Waals surface area contributed by atoms with Crippen molar-refractivity contribution >= 4 is 9.84 Å². The molecule has 0 aliphatic heterocycles. The summed E-state index contributed by atoms with van der Waals surface area (Å²) in [6, 6.07) is 10.9. The molecule has 1 heterocycles. The predicted molar refractivity (Wildman–Crippen MR) is 56.3 cm³/mol. The van der Waals surface area contributed by atoms with E-state index in [4.69, 9.17) is 0 Å². The van der Waals surface area contributed by atoms with Gasteiger partial charge in [-0.1, -0.05) is 17.7 Å². The molecular formula is C11H10NO2S. The van der Waals surface area contributed by atoms with E-state index >= 15 is 0 Å². The largest absolute Gasteiger partial charge is 0.352 e. The van der Waals surface area contributed by atoms with Crippen molar-refractivity contribution in [3.05, 3.63) is 48.2 Å². The predicted octanol–water partition coefficient (Wildman–Crippen LogP) is 1.96. The number of sulfone groups is 1. The molecule has 0 amide bonds. The Labute approximate surface area is 88.7 Å². The molecular weight excluding hydrogens is 210 g/mol. The maximum Gasteiger partial charge on any atom is 0.222 e. The molecule has 1 radical (unpaired) electrons. The molecule has 0 saturated carbocycles. The summed E-state index contributed by atoms with van der Waals surface area (Å²) in [6.07, 6.45) is 1.54. The number of aromatic nitrogens is 1. The summed E-state index contributed by atoms with van der Waals surface area (Å²) in [5.41, 5.74) is 1.03. The first-order valence-electron chi connectivity index (χ1n) is 4.47. The van der Waals surface area contributed by atoms with E-state index in [1.165, 1.54) is 0 Å². The van der Waals surface area contributed by atoms with Crippen LogP contribution in [0.1, 0.15) is 5.56 Å². The van der Waals surface area contributed by atoms with E-state index in [1.54, 1.807) is 36.5 Å². The maximum atomic E-state index is 11.9. The first-order valence-corrected chi connectivity index (χ1v) is 5.96. The van der Waals surface area contributed by atoms with E-state index in [0.29, 0.717) is 0 Å². The number of rotatable bonds is 2. The Hall–Kier alpha value is -1.55. The molecule has 0 bridgehead atoms. The van der Waals surface area contributed by atoms with Crippen LogP contribution in [0.4, 0.5) is 0 Å². The quantitative estimate of drug-likeness (QED) is 0.841. The number of nitrogens with one attached hydrogen (secondary N) is 1. The highest BCUT2D eigenvalue weighted by molar-refractivity contribution is 7.91. The second-order valence-electron chi connectivity index (χ2n) is 3.27. The van der Waals surface area contributed by atoms with Crippen molar-refractivity contribution < 1.29 is 8.42 Å². The SMILES string of the molecule is Cc1ccc(S(=O)(=O)c2[c]cc[nH]2)cc1. The molecule has 0 atom stereocenters. The van der Waals surface area contributed by atoms with Crippen LogP contribution in [0, 0.1) is 13.0 Å². The van der Waals surface area contributed by atoms with Crippen LogP contribution >= 0.6 is 0 Å². The molecule has 1 N–H and O–H groups in total. The summed E-state index contributed by atoms with van der Waals surface area (Å²) >= 11 is 0. The van der Waals surface area contributed by atoms with Crippen molar-refractivity contribution in [2.24, 2.45) is 0 Å². The van der Waals surface area contributed by atoms with Gasteiger partial charge in [0.15, 0.2) is 0 Å². The number of hydrogen-bond acceptors (Lipinski definition) is 2. The Bertz CT molecular complexity index is 539. The van der Waals surface area contributed by atoms with Crippen LogP contribution in [-0.4, -0.2) is 13.4 Å². The molecule has 4 heteroatoms. The van der Waals surface area contributed by atoms with Gasteiger partial charge in [0.05, 0.1) is 4.90 Å². The van der Waals surface area contributed by atoms with Gasteiger partial charge in [-0.2, -0.15) is 0 Å². The minimum atomic E-state index is -3.42. The Morgan fingerprint density at radius 3 is 2.40 bits per heavy atom. The van der Waals surface area contributed by atoms with Crippen LogP contribution in [0.5, 0.6) is 0 Å². The minimum absolute atomic E-state index is 0.103. The number of aryl methyl sites for hydroxylation is 1. The normalized spacial score (nSPS) is 11.5. The zero-order valence-electron chi connectivity index (χ0n) is 8.19. The molecule has 1 aromatic carbocycles. The summed E-state index contributed by atoms with van der Waals surface area (Å²) in [5.74, 6) is 0. The third kappa shape index (κ3) is 1.80. The summed E-state index contributed by atoms with van der Waals surface area (Å²) in [6.45, 7) is 1.91. The van der Waals surface area contributed by atoms with Gasteiger partial charge in [0.1, 0.15) is 5.03 Å². The molecule has 3 nitrogen and oxygen atoms in total. The third-order valence-electron chi connectivity index (χ3n) is 2.11. The third-order valence-corrected chi connectivity index (χ3v) is 3.78. The summed E-state index contributed by atoms with van der Waals surface area (Å²) in [7, 11) is -3.42. The van der Waals surface area contributed by atoms with E-state index in [-0.39, 0.29) is 9.92 Å². The first kappa shape index (κ1) is 9.98. The lowest BCUT2D eigenvalue weighted by Gasteiger charge is -2.01. The number of aromatic amines is 1. The average Bonchev–Trinajstić information content (AvgIpc) is 2.71. The zero-order valence-corrected chi connectivity index (χ0v) is 9.01. The van der Waals surface area contributed by atoms with Crippen LogP contribution in [-0.2, 0) is 9.84 Å². The maximum absolute atomic E-state index is 11.9. The van der Waals surface area contributed by atoms with Crippen LogP contribution < -0.4 is 0 Å². The van der Waals surface area contributed by atoms with Crippen LogP contribution in [0.15, 0.2) is 46.5 Å². The lowest BCUT2D eigenvalue weighted by molar-refractivity contribution is 0.593. The van der Waals surface area contributed by atoms with E-state index < -0.39 is 9.84 Å². The average molecular weight is 220 g/mol. The molecule has 0 unspecified atom stereocenters. The van der Waals surface area contributed by atoms with Crippen molar-refractivity contribution in [2.75, 3.05) is 0 Å². The van der Waals surface area contributed by atoms with Crippen molar-refractivity contribution in [3.8, 4) is 0 Å². The van der Waals surface area contributed by atoms with Gasteiger partial charge in [-0.15, -0.1) is 0 Å². The minimum Gasteiger partial charge on any atom is -0.352 e. The first-order chi connectivity index (χ1) is 7.10. The molecule has 1 aromatic heterocycles. The van der Waals surface area contributed by atoms with Gasteiger partial charge >= 0.3 is 0 Å². The van der Waals surface area contributed by atoms with Crippen molar-refractivity contribution in [2.45, 2.75) is 16.8 Å². The Morgan fingerprint density at radius 1 is 1.20 bits per heavy atom. The van der Waals surface area contributed by atoms with Gasteiger partial charge in [-0.3, -0.25) is 0 Å². The van der Waals surface area contributed by atoms with Gasteiger partial charge in [-0.05, 0) is 25.1 Å². The van der Waals surface area contributed by atoms with Gasteiger partial charge in [0.25, 0.3) is 0 Å². The molecule has 2 aromatic rings. The zero-order chi connectivity index (χ0) is 10.9. The second-order valence-corrected chi connectivity index (χ2v) is 5.15. The van der Waals surface area contributed by atoms with Gasteiger partial charge in [-0.25, -0.2) is 8.42 Å². The van der Waals surface area contributed by atoms with Gasteiger partial charge < -0.3 is 4.98 Å². The molecule has 0 fully saturated rings. The van der Waals surface area contributed by atoms with Gasteiger partial charge in [0.2, 0.25) is 9.84 Å². The fourth-order valence-corrected chi connectivity index (χ4v) is 2.44. The standard InChI is InChI=1S/C11H10NO2S/c1-9-4-6-10(7-5-9)15(13,14)11-3-2-8-12-11/h2,4-8,12H,1H3. The second kappa shape index (κ2) is 3.55. The van der Waals surface area contributed by atoms with Crippen molar-refractivity contribution in [3.63, 3.8) is 0 Å². The smallest absolute Gasteiger partial charge is 0.222 e. The Balaban J connectivity index is 2.52.